The summed E-state index contributed by atoms with van der Waals surface area (Å²) < 4.78 is 0. The van der Waals surface area contributed by atoms with Gasteiger partial charge >= 0.3 is 0 Å². The van der Waals surface area contributed by atoms with Gasteiger partial charge in [-0.3, -0.25) is 4.90 Å². The lowest BCUT2D eigenvalue weighted by atomic mass is 10.0. The normalized spacial score (nSPS) is 27.5. The maximum absolute atomic E-state index is 9.65. The fraction of sp³-hybridized carbons (Fsp3) is 0.500. The predicted octanol–water partition coefficient (Wildman–Crippen LogP) is 0.0248. The van der Waals surface area contributed by atoms with Crippen molar-refractivity contribution in [1.29, 1.82) is 0 Å². The Morgan fingerprint density at radius 1 is 1.05 bits per heavy atom. The molecule has 120 valence electrons. The van der Waals surface area contributed by atoms with Crippen LogP contribution in [-0.4, -0.2) is 48.5 Å². The minimum atomic E-state index is -0.860. The number of aliphatic hydroxyl groups excluding tert-OH is 1. The van der Waals surface area contributed by atoms with Crippen LogP contribution in [0.2, 0.25) is 0 Å². The van der Waals surface area contributed by atoms with Gasteiger partial charge < -0.3 is 27.2 Å². The van der Waals surface area contributed by atoms with Crippen molar-refractivity contribution in [3.8, 4) is 0 Å². The second-order valence-corrected chi connectivity index (χ2v) is 6.32. The number of nitrogens with zero attached hydrogens (tertiary/aromatic N) is 2. The SMILES string of the molecule is NC(N)/C(O)=C/C(N)N1CC2CN(c3ccccc3)CC2C1. The average Bonchev–Trinajstić information content (AvgIpc) is 3.06. The molecule has 0 aromatic heterocycles. The Morgan fingerprint density at radius 2 is 1.64 bits per heavy atom. The summed E-state index contributed by atoms with van der Waals surface area (Å²) in [5.41, 5.74) is 18.3. The summed E-state index contributed by atoms with van der Waals surface area (Å²) in [7, 11) is 0. The standard InChI is InChI=1S/C16H25N5O/c17-15(6-14(22)16(18)19)21-9-11-7-20(8-12(11)10-21)13-4-2-1-3-5-13/h1-6,11-12,15-16,22H,7-10,17-19H2/b14-6-. The van der Waals surface area contributed by atoms with E-state index in [0.717, 1.165) is 26.2 Å². The minimum Gasteiger partial charge on any atom is -0.509 e. The quantitative estimate of drug-likeness (QED) is 0.462. The van der Waals surface area contributed by atoms with Crippen LogP contribution in [0.3, 0.4) is 0 Å². The first kappa shape index (κ1) is 15.3. The van der Waals surface area contributed by atoms with Crippen molar-refractivity contribution in [3.63, 3.8) is 0 Å². The summed E-state index contributed by atoms with van der Waals surface area (Å²) in [6.07, 6.45) is 0.368. The van der Waals surface area contributed by atoms with E-state index in [4.69, 9.17) is 17.2 Å². The highest BCUT2D eigenvalue weighted by Crippen LogP contribution is 2.34. The van der Waals surface area contributed by atoms with Gasteiger partial charge in [-0.25, -0.2) is 0 Å². The molecule has 22 heavy (non-hydrogen) atoms. The number of rotatable bonds is 4. The van der Waals surface area contributed by atoms with Crippen LogP contribution in [0, 0.1) is 11.8 Å². The number of fused-ring (bicyclic) bond motifs is 1. The van der Waals surface area contributed by atoms with Gasteiger partial charge in [-0.15, -0.1) is 0 Å². The Bertz CT molecular complexity index is 519. The molecule has 3 rings (SSSR count). The smallest absolute Gasteiger partial charge is 0.122 e. The molecule has 0 spiro atoms. The van der Waals surface area contributed by atoms with Gasteiger partial charge in [0.25, 0.3) is 0 Å². The average molecular weight is 303 g/mol. The molecule has 3 atom stereocenters. The molecule has 0 aliphatic carbocycles. The molecule has 0 amide bonds. The third kappa shape index (κ3) is 3.10. The second-order valence-electron chi connectivity index (χ2n) is 6.32. The molecule has 2 heterocycles. The van der Waals surface area contributed by atoms with E-state index >= 15 is 0 Å². The number of benzene rings is 1. The first-order chi connectivity index (χ1) is 10.5. The zero-order valence-corrected chi connectivity index (χ0v) is 12.7. The maximum atomic E-state index is 9.65. The first-order valence-electron chi connectivity index (χ1n) is 7.76. The van der Waals surface area contributed by atoms with E-state index in [1.165, 1.54) is 5.69 Å². The Labute approximate surface area is 131 Å². The second kappa shape index (κ2) is 6.26. The largest absolute Gasteiger partial charge is 0.509 e. The van der Waals surface area contributed by atoms with Crippen molar-refractivity contribution in [2.75, 3.05) is 31.1 Å². The molecule has 2 fully saturated rings. The molecular weight excluding hydrogens is 278 g/mol. The third-order valence-corrected chi connectivity index (χ3v) is 4.74. The lowest BCUT2D eigenvalue weighted by Gasteiger charge is -2.26. The first-order valence-corrected chi connectivity index (χ1v) is 7.76. The van der Waals surface area contributed by atoms with Gasteiger partial charge in [-0.2, -0.15) is 0 Å². The highest BCUT2D eigenvalue weighted by atomic mass is 16.3. The summed E-state index contributed by atoms with van der Waals surface area (Å²) in [6.45, 7) is 4.01. The Balaban J connectivity index is 1.59. The van der Waals surface area contributed by atoms with E-state index in [1.807, 2.05) is 6.07 Å². The highest BCUT2D eigenvalue weighted by Gasteiger charge is 2.41. The van der Waals surface area contributed by atoms with Crippen LogP contribution in [-0.2, 0) is 0 Å². The molecule has 2 aliphatic rings. The van der Waals surface area contributed by atoms with Crippen LogP contribution in [0.25, 0.3) is 0 Å². The Hall–Kier alpha value is -1.60. The van der Waals surface area contributed by atoms with Gasteiger partial charge in [0.1, 0.15) is 11.9 Å². The van der Waals surface area contributed by atoms with Crippen molar-refractivity contribution in [2.45, 2.75) is 12.3 Å². The van der Waals surface area contributed by atoms with Crippen LogP contribution >= 0.6 is 0 Å². The number of nitrogens with two attached hydrogens (primary N) is 3. The van der Waals surface area contributed by atoms with E-state index in [9.17, 15) is 5.11 Å². The molecule has 1 aromatic rings. The molecule has 1 aromatic carbocycles. The van der Waals surface area contributed by atoms with E-state index in [1.54, 1.807) is 6.08 Å². The summed E-state index contributed by atoms with van der Waals surface area (Å²) in [4.78, 5) is 4.64. The van der Waals surface area contributed by atoms with E-state index in [-0.39, 0.29) is 11.9 Å². The lowest BCUT2D eigenvalue weighted by molar-refractivity contribution is 0.260. The van der Waals surface area contributed by atoms with E-state index in [0.29, 0.717) is 11.8 Å². The van der Waals surface area contributed by atoms with Crippen LogP contribution in [0.4, 0.5) is 5.69 Å². The number of anilines is 1. The van der Waals surface area contributed by atoms with Gasteiger partial charge in [0.15, 0.2) is 0 Å². The van der Waals surface area contributed by atoms with Crippen LogP contribution in [0.15, 0.2) is 42.2 Å². The molecule has 6 heteroatoms. The fourth-order valence-corrected chi connectivity index (χ4v) is 3.51. The Morgan fingerprint density at radius 3 is 2.18 bits per heavy atom. The van der Waals surface area contributed by atoms with Crippen molar-refractivity contribution in [3.05, 3.63) is 42.2 Å². The number of likely N-dealkylation sites (tertiary alicyclic amines) is 1. The number of aliphatic hydroxyl groups is 1. The summed E-state index contributed by atoms with van der Waals surface area (Å²) in [6, 6.07) is 10.5. The van der Waals surface area contributed by atoms with E-state index in [2.05, 4.69) is 34.1 Å². The number of hydrogen-bond acceptors (Lipinski definition) is 6. The summed E-state index contributed by atoms with van der Waals surface area (Å²) in [5, 5.41) is 9.65. The number of hydrogen-bond donors (Lipinski definition) is 4. The number of para-hydroxylation sites is 1. The molecule has 0 bridgehead atoms. The molecule has 0 radical (unpaired) electrons. The molecule has 7 N–H and O–H groups in total. The van der Waals surface area contributed by atoms with Gasteiger partial charge in [0.2, 0.25) is 0 Å². The highest BCUT2D eigenvalue weighted by molar-refractivity contribution is 5.47. The maximum Gasteiger partial charge on any atom is 0.122 e. The Kier molecular flexibility index (Phi) is 4.35. The minimum absolute atomic E-state index is 0.0459. The monoisotopic (exact) mass is 303 g/mol. The third-order valence-electron chi connectivity index (χ3n) is 4.74. The molecule has 6 nitrogen and oxygen atoms in total. The lowest BCUT2D eigenvalue weighted by Crippen LogP contribution is -2.42. The van der Waals surface area contributed by atoms with Gasteiger partial charge in [0.05, 0.1) is 6.17 Å². The van der Waals surface area contributed by atoms with Crippen molar-refractivity contribution in [1.82, 2.24) is 4.90 Å². The van der Waals surface area contributed by atoms with Crippen molar-refractivity contribution < 1.29 is 5.11 Å². The van der Waals surface area contributed by atoms with Crippen LogP contribution in [0.1, 0.15) is 0 Å². The summed E-state index contributed by atoms with van der Waals surface area (Å²) >= 11 is 0. The zero-order valence-electron chi connectivity index (χ0n) is 12.7. The summed E-state index contributed by atoms with van der Waals surface area (Å²) in [5.74, 6) is 1.19. The van der Waals surface area contributed by atoms with Gasteiger partial charge in [-0.05, 0) is 30.0 Å². The van der Waals surface area contributed by atoms with Crippen LogP contribution in [0.5, 0.6) is 0 Å². The molecular formula is C16H25N5O. The topological polar surface area (TPSA) is 105 Å². The predicted molar refractivity (Wildman–Crippen MR) is 88.1 cm³/mol. The van der Waals surface area contributed by atoms with E-state index < -0.39 is 6.17 Å². The van der Waals surface area contributed by atoms with Gasteiger partial charge in [-0.1, -0.05) is 18.2 Å². The van der Waals surface area contributed by atoms with Crippen molar-refractivity contribution >= 4 is 5.69 Å². The van der Waals surface area contributed by atoms with Gasteiger partial charge in [0, 0.05) is 31.9 Å². The molecule has 2 saturated heterocycles. The molecule has 0 saturated carbocycles. The zero-order chi connectivity index (χ0) is 15.7. The molecule has 2 aliphatic heterocycles. The molecule has 3 unspecified atom stereocenters. The van der Waals surface area contributed by atoms with Crippen LogP contribution < -0.4 is 22.1 Å². The van der Waals surface area contributed by atoms with Crippen molar-refractivity contribution in [2.24, 2.45) is 29.0 Å². The fourth-order valence-electron chi connectivity index (χ4n) is 3.51.